The Morgan fingerprint density at radius 1 is 1.80 bits per heavy atom. The van der Waals surface area contributed by atoms with Crippen molar-refractivity contribution in [2.75, 3.05) is 0 Å². The van der Waals surface area contributed by atoms with Crippen molar-refractivity contribution in [3.05, 3.63) is 24.3 Å². The number of aromatic nitrogens is 2. The molecule has 0 spiro atoms. The molecular weight excluding hydrogens is 194 g/mol. The summed E-state index contributed by atoms with van der Waals surface area (Å²) in [6.45, 7) is 2.02. The van der Waals surface area contributed by atoms with Crippen molar-refractivity contribution in [1.82, 2.24) is 9.97 Å². The van der Waals surface area contributed by atoms with Gasteiger partial charge in [0.15, 0.2) is 0 Å². The molecule has 0 saturated carbocycles. The third-order valence-electron chi connectivity index (χ3n) is 1.85. The van der Waals surface area contributed by atoms with E-state index in [2.05, 4.69) is 9.97 Å². The fourth-order valence-electron chi connectivity index (χ4n) is 1.20. The van der Waals surface area contributed by atoms with Gasteiger partial charge in [-0.3, -0.25) is 0 Å². The molecule has 0 saturated heterocycles. The summed E-state index contributed by atoms with van der Waals surface area (Å²) in [6.07, 6.45) is 7.54. The Morgan fingerprint density at radius 3 is 3.13 bits per heavy atom. The highest BCUT2D eigenvalue weighted by molar-refractivity contribution is 5.65. The van der Waals surface area contributed by atoms with Crippen molar-refractivity contribution in [2.45, 2.75) is 25.9 Å². The van der Waals surface area contributed by atoms with Gasteiger partial charge in [-0.1, -0.05) is 13.3 Å². The number of H-pyrrole nitrogens is 1. The van der Waals surface area contributed by atoms with Gasteiger partial charge in [-0.25, -0.2) is 9.78 Å². The zero-order valence-corrected chi connectivity index (χ0v) is 8.64. The van der Waals surface area contributed by atoms with E-state index in [1.807, 2.05) is 13.0 Å². The van der Waals surface area contributed by atoms with Crippen molar-refractivity contribution < 1.29 is 9.53 Å². The van der Waals surface area contributed by atoms with Crippen molar-refractivity contribution in [2.24, 2.45) is 5.73 Å². The van der Waals surface area contributed by atoms with E-state index in [0.717, 1.165) is 18.5 Å². The van der Waals surface area contributed by atoms with Crippen LogP contribution in [0.5, 0.6) is 0 Å². The number of hydrogen-bond acceptors (Lipinski definition) is 3. The first kappa shape index (κ1) is 11.3. The monoisotopic (exact) mass is 209 g/mol. The number of aromatic amines is 1. The van der Waals surface area contributed by atoms with Crippen LogP contribution in [-0.4, -0.2) is 22.2 Å². The molecule has 0 aromatic carbocycles. The van der Waals surface area contributed by atoms with E-state index in [0.29, 0.717) is 0 Å². The number of nitrogens with two attached hydrogens (primary N) is 1. The Balaban J connectivity index is 2.53. The normalized spacial score (nSPS) is 12.9. The van der Waals surface area contributed by atoms with Crippen LogP contribution in [0.1, 0.15) is 25.5 Å². The second-order valence-corrected chi connectivity index (χ2v) is 3.13. The molecule has 1 aromatic heterocycles. The molecule has 1 heterocycles. The molecule has 0 bridgehead atoms. The summed E-state index contributed by atoms with van der Waals surface area (Å²) >= 11 is 0. The molecule has 0 aliphatic heterocycles. The summed E-state index contributed by atoms with van der Waals surface area (Å²) in [5, 5.41) is 0. The lowest BCUT2D eigenvalue weighted by Crippen LogP contribution is -2.20. The third kappa shape index (κ3) is 4.30. The van der Waals surface area contributed by atoms with Crippen LogP contribution in [0.15, 0.2) is 18.6 Å². The number of carbonyl (C=O) groups excluding carboxylic acids is 1. The van der Waals surface area contributed by atoms with E-state index in [1.54, 1.807) is 18.6 Å². The molecule has 82 valence electrons. The minimum atomic E-state index is -0.747. The number of imidazole rings is 1. The van der Waals surface area contributed by atoms with Gasteiger partial charge >= 0.3 is 6.09 Å². The van der Waals surface area contributed by atoms with Gasteiger partial charge < -0.3 is 15.5 Å². The van der Waals surface area contributed by atoms with Gasteiger partial charge in [0.2, 0.25) is 0 Å². The maximum atomic E-state index is 10.6. The maximum absolute atomic E-state index is 10.6. The fraction of sp³-hybridized carbons (Fsp3) is 0.400. The minimum absolute atomic E-state index is 0.268. The first-order valence-corrected chi connectivity index (χ1v) is 4.85. The molecular formula is C10H15N3O2. The van der Waals surface area contributed by atoms with Crippen LogP contribution < -0.4 is 5.73 Å². The number of hydrogen-bond donors (Lipinski definition) is 2. The van der Waals surface area contributed by atoms with Gasteiger partial charge in [0, 0.05) is 0 Å². The summed E-state index contributed by atoms with van der Waals surface area (Å²) in [5.41, 5.74) is 5.82. The van der Waals surface area contributed by atoms with E-state index in [4.69, 9.17) is 10.5 Å². The minimum Gasteiger partial charge on any atom is -0.442 e. The van der Waals surface area contributed by atoms with Crippen LogP contribution in [0.2, 0.25) is 0 Å². The number of nitrogens with zero attached hydrogens (tertiary/aromatic N) is 1. The molecule has 5 nitrogen and oxygen atoms in total. The number of rotatable bonds is 5. The smallest absolute Gasteiger partial charge is 0.405 e. The molecule has 5 heteroatoms. The molecule has 0 aliphatic rings. The van der Waals surface area contributed by atoms with Crippen molar-refractivity contribution >= 4 is 12.2 Å². The molecule has 1 atom stereocenters. The standard InChI is InChI=1S/C10H15N3O2/c1-2-3-9(15-10(11)14)5-4-8-6-12-7-13-8/h4-7,9H,2-3H2,1H3,(H2,11,14)(H,12,13). The first-order chi connectivity index (χ1) is 7.22. The zero-order valence-electron chi connectivity index (χ0n) is 8.64. The molecule has 1 amide bonds. The maximum Gasteiger partial charge on any atom is 0.405 e. The second kappa shape index (κ2) is 5.85. The quantitative estimate of drug-likeness (QED) is 0.774. The van der Waals surface area contributed by atoms with E-state index in [9.17, 15) is 4.79 Å². The van der Waals surface area contributed by atoms with E-state index in [1.165, 1.54) is 0 Å². The van der Waals surface area contributed by atoms with Crippen LogP contribution in [-0.2, 0) is 4.74 Å². The average molecular weight is 209 g/mol. The van der Waals surface area contributed by atoms with Crippen molar-refractivity contribution in [1.29, 1.82) is 0 Å². The topological polar surface area (TPSA) is 81.0 Å². The highest BCUT2D eigenvalue weighted by Gasteiger charge is 2.06. The van der Waals surface area contributed by atoms with Gasteiger partial charge in [-0.2, -0.15) is 0 Å². The van der Waals surface area contributed by atoms with Gasteiger partial charge in [-0.15, -0.1) is 0 Å². The summed E-state index contributed by atoms with van der Waals surface area (Å²) < 4.78 is 4.91. The molecule has 3 N–H and O–H groups in total. The third-order valence-corrected chi connectivity index (χ3v) is 1.85. The lowest BCUT2D eigenvalue weighted by Gasteiger charge is -2.10. The molecule has 1 unspecified atom stereocenters. The Bertz CT molecular complexity index is 319. The molecule has 1 aromatic rings. The van der Waals surface area contributed by atoms with Crippen LogP contribution in [0.3, 0.4) is 0 Å². The fourth-order valence-corrected chi connectivity index (χ4v) is 1.20. The van der Waals surface area contributed by atoms with Crippen LogP contribution >= 0.6 is 0 Å². The SMILES string of the molecule is CCCC(C=Cc1cnc[nH]1)OC(N)=O. The highest BCUT2D eigenvalue weighted by atomic mass is 16.6. The highest BCUT2D eigenvalue weighted by Crippen LogP contribution is 2.06. The first-order valence-electron chi connectivity index (χ1n) is 4.85. The molecule has 0 aliphatic carbocycles. The molecule has 0 radical (unpaired) electrons. The summed E-state index contributed by atoms with van der Waals surface area (Å²) in [4.78, 5) is 17.4. The zero-order chi connectivity index (χ0) is 11.1. The van der Waals surface area contributed by atoms with Gasteiger partial charge in [-0.05, 0) is 18.6 Å². The van der Waals surface area contributed by atoms with Gasteiger partial charge in [0.25, 0.3) is 0 Å². The predicted octanol–water partition coefficient (Wildman–Crippen LogP) is 1.69. The van der Waals surface area contributed by atoms with Crippen LogP contribution in [0.25, 0.3) is 6.08 Å². The van der Waals surface area contributed by atoms with Crippen LogP contribution in [0, 0.1) is 0 Å². The lowest BCUT2D eigenvalue weighted by atomic mass is 10.2. The second-order valence-electron chi connectivity index (χ2n) is 3.13. The van der Waals surface area contributed by atoms with E-state index >= 15 is 0 Å². The van der Waals surface area contributed by atoms with Crippen LogP contribution in [0.4, 0.5) is 4.79 Å². The Labute approximate surface area is 88.3 Å². The number of primary amides is 1. The van der Waals surface area contributed by atoms with Crippen molar-refractivity contribution in [3.8, 4) is 0 Å². The number of carbonyl (C=O) groups is 1. The van der Waals surface area contributed by atoms with Crippen molar-refractivity contribution in [3.63, 3.8) is 0 Å². The largest absolute Gasteiger partial charge is 0.442 e. The predicted molar refractivity (Wildman–Crippen MR) is 57.0 cm³/mol. The summed E-state index contributed by atoms with van der Waals surface area (Å²) in [6, 6.07) is 0. The van der Waals surface area contributed by atoms with Gasteiger partial charge in [0.1, 0.15) is 6.10 Å². The summed E-state index contributed by atoms with van der Waals surface area (Å²) in [5.74, 6) is 0. The summed E-state index contributed by atoms with van der Waals surface area (Å²) in [7, 11) is 0. The van der Waals surface area contributed by atoms with Gasteiger partial charge in [0.05, 0.1) is 18.2 Å². The Morgan fingerprint density at radius 2 is 2.60 bits per heavy atom. The lowest BCUT2D eigenvalue weighted by molar-refractivity contribution is 0.125. The van der Waals surface area contributed by atoms with E-state index in [-0.39, 0.29) is 6.10 Å². The Kier molecular flexibility index (Phi) is 4.40. The number of amides is 1. The average Bonchev–Trinajstić information content (AvgIpc) is 2.66. The number of nitrogens with one attached hydrogen (secondary N) is 1. The molecule has 1 rings (SSSR count). The van der Waals surface area contributed by atoms with E-state index < -0.39 is 6.09 Å². The number of ether oxygens (including phenoxy) is 1. The molecule has 15 heavy (non-hydrogen) atoms. The Hall–Kier alpha value is -1.78. The molecule has 0 fully saturated rings.